The Hall–Kier alpha value is -1.35. The number of benzene rings is 1. The molecule has 0 aromatic heterocycles. The monoisotopic (exact) mass is 389 g/mol. The number of unbranched alkanes of at least 4 members (excludes halogenated alkanes) is 13. The highest BCUT2D eigenvalue weighted by Gasteiger charge is 2.15. The van der Waals surface area contributed by atoms with Gasteiger partial charge in [-0.2, -0.15) is 0 Å². The van der Waals surface area contributed by atoms with Gasteiger partial charge in [0, 0.05) is 0 Å². The second-order valence-corrected chi connectivity index (χ2v) is 8.07. The number of amides is 1. The molecule has 1 rings (SSSR count). The van der Waals surface area contributed by atoms with Gasteiger partial charge in [-0.15, -0.1) is 0 Å². The first-order chi connectivity index (χ1) is 13.7. The fraction of sp³-hybridized carbons (Fsp3) is 0.720. The lowest BCUT2D eigenvalue weighted by Crippen LogP contribution is -2.31. The van der Waals surface area contributed by atoms with Crippen LogP contribution in [0.25, 0.3) is 0 Å². The fourth-order valence-electron chi connectivity index (χ4n) is 3.60. The van der Waals surface area contributed by atoms with E-state index in [2.05, 4.69) is 6.92 Å². The van der Waals surface area contributed by atoms with E-state index in [1.165, 1.54) is 77.0 Å². The van der Waals surface area contributed by atoms with E-state index >= 15 is 0 Å². The molecule has 1 aromatic rings. The highest BCUT2D eigenvalue weighted by molar-refractivity contribution is 5.78. The van der Waals surface area contributed by atoms with Gasteiger partial charge in [-0.3, -0.25) is 4.79 Å². The summed E-state index contributed by atoms with van der Waals surface area (Å²) >= 11 is 0. The van der Waals surface area contributed by atoms with E-state index in [4.69, 9.17) is 10.5 Å². The molecular formula is C25H43NO2. The Labute approximate surface area is 173 Å². The molecule has 0 aliphatic rings. The van der Waals surface area contributed by atoms with Crippen molar-refractivity contribution in [2.24, 2.45) is 5.73 Å². The molecule has 160 valence electrons. The molecule has 28 heavy (non-hydrogen) atoms. The molecule has 0 spiro atoms. The van der Waals surface area contributed by atoms with Gasteiger partial charge >= 0.3 is 0 Å². The van der Waals surface area contributed by atoms with Crippen LogP contribution >= 0.6 is 0 Å². The van der Waals surface area contributed by atoms with Crippen molar-refractivity contribution in [3.63, 3.8) is 0 Å². The molecule has 0 saturated carbocycles. The first-order valence-corrected chi connectivity index (χ1v) is 11.7. The van der Waals surface area contributed by atoms with Crippen LogP contribution < -0.4 is 5.73 Å². The van der Waals surface area contributed by atoms with Gasteiger partial charge < -0.3 is 10.5 Å². The van der Waals surface area contributed by atoms with Crippen LogP contribution in [0.4, 0.5) is 0 Å². The smallest absolute Gasteiger partial charge is 0.246 e. The Bertz CT molecular complexity index is 475. The zero-order valence-electron chi connectivity index (χ0n) is 18.2. The van der Waals surface area contributed by atoms with Crippen LogP contribution in [0.15, 0.2) is 30.3 Å². The lowest BCUT2D eigenvalue weighted by atomic mass is 10.0. The van der Waals surface area contributed by atoms with E-state index in [1.54, 1.807) is 0 Å². The van der Waals surface area contributed by atoms with Gasteiger partial charge in [0.1, 0.15) is 6.10 Å². The highest BCUT2D eigenvalue weighted by Crippen LogP contribution is 2.15. The standard InChI is InChI=1S/C25H43NO2/c1-2-3-4-5-6-7-8-9-10-11-12-13-14-18-21-24(25(26)27)28-22-23-19-16-15-17-20-23/h15-17,19-20,24H,2-14,18,21-22H2,1H3,(H2,26,27). The zero-order chi connectivity index (χ0) is 20.3. The van der Waals surface area contributed by atoms with Crippen molar-refractivity contribution in [3.8, 4) is 0 Å². The average molecular weight is 390 g/mol. The Balaban J connectivity index is 1.92. The van der Waals surface area contributed by atoms with Crippen molar-refractivity contribution in [2.75, 3.05) is 0 Å². The summed E-state index contributed by atoms with van der Waals surface area (Å²) in [7, 11) is 0. The molecule has 3 heteroatoms. The van der Waals surface area contributed by atoms with Crippen LogP contribution in [0.5, 0.6) is 0 Å². The predicted octanol–water partition coefficient (Wildman–Crippen LogP) is 6.93. The lowest BCUT2D eigenvalue weighted by molar-refractivity contribution is -0.130. The molecule has 1 atom stereocenters. The number of carbonyl (C=O) groups is 1. The van der Waals surface area contributed by atoms with Crippen molar-refractivity contribution in [3.05, 3.63) is 35.9 Å². The number of hydrogen-bond acceptors (Lipinski definition) is 2. The van der Waals surface area contributed by atoms with Gasteiger partial charge in [-0.1, -0.05) is 127 Å². The molecule has 0 radical (unpaired) electrons. The Morgan fingerprint density at radius 2 is 1.25 bits per heavy atom. The number of primary amides is 1. The molecule has 0 bridgehead atoms. The lowest BCUT2D eigenvalue weighted by Gasteiger charge is -2.14. The van der Waals surface area contributed by atoms with Crippen molar-refractivity contribution in [1.82, 2.24) is 0 Å². The first kappa shape index (κ1) is 24.7. The molecule has 1 unspecified atom stereocenters. The molecule has 0 heterocycles. The van der Waals surface area contributed by atoms with Gasteiger partial charge in [-0.25, -0.2) is 0 Å². The molecule has 1 aromatic carbocycles. The van der Waals surface area contributed by atoms with Crippen LogP contribution in [0.1, 0.15) is 109 Å². The van der Waals surface area contributed by atoms with Crippen LogP contribution in [-0.2, 0) is 16.1 Å². The molecule has 0 fully saturated rings. The van der Waals surface area contributed by atoms with Crippen molar-refractivity contribution in [2.45, 2.75) is 116 Å². The van der Waals surface area contributed by atoms with Crippen molar-refractivity contribution in [1.29, 1.82) is 0 Å². The third-order valence-electron chi connectivity index (χ3n) is 5.43. The van der Waals surface area contributed by atoms with E-state index in [1.807, 2.05) is 30.3 Å². The molecule has 0 saturated heterocycles. The second-order valence-electron chi connectivity index (χ2n) is 8.07. The average Bonchev–Trinajstić information content (AvgIpc) is 2.71. The van der Waals surface area contributed by atoms with Gasteiger partial charge in [0.15, 0.2) is 0 Å². The fourth-order valence-corrected chi connectivity index (χ4v) is 3.60. The summed E-state index contributed by atoms with van der Waals surface area (Å²) in [4.78, 5) is 11.6. The van der Waals surface area contributed by atoms with Crippen LogP contribution in [0, 0.1) is 0 Å². The van der Waals surface area contributed by atoms with Crippen LogP contribution in [0.3, 0.4) is 0 Å². The number of nitrogens with two attached hydrogens (primary N) is 1. The largest absolute Gasteiger partial charge is 0.367 e. The molecule has 2 N–H and O–H groups in total. The maximum atomic E-state index is 11.6. The molecule has 0 aliphatic carbocycles. The predicted molar refractivity (Wildman–Crippen MR) is 119 cm³/mol. The molecular weight excluding hydrogens is 346 g/mol. The summed E-state index contributed by atoms with van der Waals surface area (Å²) in [6.45, 7) is 2.73. The summed E-state index contributed by atoms with van der Waals surface area (Å²) in [5.74, 6) is -0.342. The third kappa shape index (κ3) is 13.8. The van der Waals surface area contributed by atoms with E-state index in [0.717, 1.165) is 24.8 Å². The first-order valence-electron chi connectivity index (χ1n) is 11.7. The van der Waals surface area contributed by atoms with Crippen molar-refractivity contribution >= 4 is 5.91 Å². The molecule has 1 amide bonds. The van der Waals surface area contributed by atoms with Gasteiger partial charge in [0.25, 0.3) is 0 Å². The SMILES string of the molecule is CCCCCCCCCCCCCCCCC(OCc1ccccc1)C(N)=O. The minimum atomic E-state index is -0.461. The second kappa shape index (κ2) is 17.7. The highest BCUT2D eigenvalue weighted by atomic mass is 16.5. The van der Waals surface area contributed by atoms with E-state index in [9.17, 15) is 4.79 Å². The minimum absolute atomic E-state index is 0.342. The summed E-state index contributed by atoms with van der Waals surface area (Å²) in [6, 6.07) is 9.94. The number of ether oxygens (including phenoxy) is 1. The van der Waals surface area contributed by atoms with Crippen molar-refractivity contribution < 1.29 is 9.53 Å². The molecule has 3 nitrogen and oxygen atoms in total. The maximum absolute atomic E-state index is 11.6. The maximum Gasteiger partial charge on any atom is 0.246 e. The quantitative estimate of drug-likeness (QED) is 0.261. The summed E-state index contributed by atoms with van der Waals surface area (Å²) in [5.41, 5.74) is 6.57. The third-order valence-corrected chi connectivity index (χ3v) is 5.43. The molecule has 0 aliphatic heterocycles. The summed E-state index contributed by atoms with van der Waals surface area (Å²) in [5, 5.41) is 0. The topological polar surface area (TPSA) is 52.3 Å². The number of hydrogen-bond donors (Lipinski definition) is 1. The Morgan fingerprint density at radius 3 is 1.71 bits per heavy atom. The van der Waals surface area contributed by atoms with Gasteiger partial charge in [0.05, 0.1) is 6.61 Å². The van der Waals surface area contributed by atoms with E-state index < -0.39 is 6.10 Å². The number of carbonyl (C=O) groups excluding carboxylic acids is 1. The summed E-state index contributed by atoms with van der Waals surface area (Å²) < 4.78 is 5.73. The zero-order valence-corrected chi connectivity index (χ0v) is 18.2. The van der Waals surface area contributed by atoms with E-state index in [0.29, 0.717) is 6.61 Å². The van der Waals surface area contributed by atoms with Gasteiger partial charge in [-0.05, 0) is 12.0 Å². The normalized spacial score (nSPS) is 12.2. The van der Waals surface area contributed by atoms with Gasteiger partial charge in [0.2, 0.25) is 5.91 Å². The summed E-state index contributed by atoms with van der Waals surface area (Å²) in [6.07, 6.45) is 19.0. The van der Waals surface area contributed by atoms with Crippen LogP contribution in [0.2, 0.25) is 0 Å². The Morgan fingerprint density at radius 1 is 0.786 bits per heavy atom. The minimum Gasteiger partial charge on any atom is -0.367 e. The van der Waals surface area contributed by atoms with Crippen LogP contribution in [-0.4, -0.2) is 12.0 Å². The van der Waals surface area contributed by atoms with E-state index in [-0.39, 0.29) is 5.91 Å². The number of rotatable bonds is 19. The Kier molecular flexibility index (Phi) is 15.6.